The molecule has 0 saturated carbocycles. The number of rotatable bonds is 2. The number of carbonyl (C=O) groups excluding carboxylic acids is 1. The summed E-state index contributed by atoms with van der Waals surface area (Å²) in [6.45, 7) is 4.91. The van der Waals surface area contributed by atoms with Crippen molar-refractivity contribution in [1.29, 1.82) is 0 Å². The van der Waals surface area contributed by atoms with Gasteiger partial charge in [0.1, 0.15) is 5.82 Å². The van der Waals surface area contributed by atoms with E-state index < -0.39 is 0 Å². The fourth-order valence-electron chi connectivity index (χ4n) is 2.72. The third kappa shape index (κ3) is 2.46. The zero-order chi connectivity index (χ0) is 14.1. The summed E-state index contributed by atoms with van der Waals surface area (Å²) in [5, 5.41) is 3.14. The average Bonchev–Trinajstić information content (AvgIpc) is 2.89. The number of hydrogen-bond donors (Lipinski definition) is 1. The Hall–Kier alpha value is -2.10. The van der Waals surface area contributed by atoms with E-state index in [1.165, 1.54) is 0 Å². The summed E-state index contributed by atoms with van der Waals surface area (Å²) in [7, 11) is 0. The molecule has 20 heavy (non-hydrogen) atoms. The summed E-state index contributed by atoms with van der Waals surface area (Å²) in [5.41, 5.74) is 2.91. The molecule has 4 nitrogen and oxygen atoms in total. The molecule has 1 N–H and O–H groups in total. The average molecular weight is 269 g/mol. The molecule has 1 aromatic heterocycles. The smallest absolute Gasteiger partial charge is 0.251 e. The highest BCUT2D eigenvalue weighted by molar-refractivity contribution is 5.96. The monoisotopic (exact) mass is 269 g/mol. The number of aromatic nitrogens is 2. The van der Waals surface area contributed by atoms with Crippen molar-refractivity contribution in [3.8, 4) is 0 Å². The molecule has 3 rings (SSSR count). The Morgan fingerprint density at radius 2 is 2.25 bits per heavy atom. The second-order valence-electron chi connectivity index (χ2n) is 5.52. The number of hydrogen-bond acceptors (Lipinski definition) is 2. The summed E-state index contributed by atoms with van der Waals surface area (Å²) in [6, 6.07) is 6.16. The minimum Gasteiger partial charge on any atom is -0.349 e. The van der Waals surface area contributed by atoms with E-state index in [1.54, 1.807) is 0 Å². The molecule has 0 spiro atoms. The number of amides is 1. The van der Waals surface area contributed by atoms with Crippen molar-refractivity contribution in [2.75, 3.05) is 0 Å². The molecule has 2 aromatic rings. The van der Waals surface area contributed by atoms with Crippen molar-refractivity contribution >= 4 is 5.91 Å². The molecule has 0 radical (unpaired) electrons. The topological polar surface area (TPSA) is 46.9 Å². The highest BCUT2D eigenvalue weighted by atomic mass is 16.1. The maximum absolute atomic E-state index is 12.4. The molecule has 104 valence electrons. The first-order valence-electron chi connectivity index (χ1n) is 7.01. The minimum atomic E-state index is 0.0243. The number of carbonyl (C=O) groups is 1. The molecular weight excluding hydrogens is 250 g/mol. The number of benzene rings is 1. The van der Waals surface area contributed by atoms with Crippen molar-refractivity contribution in [3.63, 3.8) is 0 Å². The Morgan fingerprint density at radius 1 is 1.40 bits per heavy atom. The van der Waals surface area contributed by atoms with Crippen LogP contribution in [-0.2, 0) is 13.0 Å². The van der Waals surface area contributed by atoms with E-state index >= 15 is 0 Å². The van der Waals surface area contributed by atoms with Gasteiger partial charge in [0.2, 0.25) is 0 Å². The van der Waals surface area contributed by atoms with Crippen molar-refractivity contribution in [2.45, 2.75) is 39.3 Å². The van der Waals surface area contributed by atoms with E-state index in [4.69, 9.17) is 0 Å². The Kier molecular flexibility index (Phi) is 3.30. The number of fused-ring (bicyclic) bond motifs is 1. The van der Waals surface area contributed by atoms with Gasteiger partial charge in [-0.3, -0.25) is 4.79 Å². The predicted molar refractivity (Wildman–Crippen MR) is 77.7 cm³/mol. The molecule has 1 amide bonds. The second kappa shape index (κ2) is 5.12. The van der Waals surface area contributed by atoms with Crippen LogP contribution in [-0.4, -0.2) is 21.5 Å². The first kappa shape index (κ1) is 12.9. The standard InChI is InChI=1S/C16H19N3O/c1-11-3-4-12(2)14(9-11)16(20)18-13-5-7-19-8-6-17-15(19)10-13/h3-4,6,8-9,13H,5,7,10H2,1-2H3,(H,18,20). The molecule has 1 atom stereocenters. The lowest BCUT2D eigenvalue weighted by Crippen LogP contribution is -2.40. The zero-order valence-electron chi connectivity index (χ0n) is 11.9. The van der Waals surface area contributed by atoms with Gasteiger partial charge in [-0.2, -0.15) is 0 Å². The largest absolute Gasteiger partial charge is 0.349 e. The Balaban J connectivity index is 1.72. The first-order chi connectivity index (χ1) is 9.63. The van der Waals surface area contributed by atoms with Crippen LogP contribution in [0, 0.1) is 13.8 Å². The number of aryl methyl sites for hydroxylation is 3. The fraction of sp³-hybridized carbons (Fsp3) is 0.375. The van der Waals surface area contributed by atoms with E-state index in [2.05, 4.69) is 14.9 Å². The Labute approximate surface area is 118 Å². The molecule has 0 fully saturated rings. The van der Waals surface area contributed by atoms with Crippen LogP contribution in [0.3, 0.4) is 0 Å². The molecule has 2 heterocycles. The van der Waals surface area contributed by atoms with E-state index in [0.717, 1.165) is 41.9 Å². The molecule has 1 aliphatic rings. The molecule has 0 aliphatic carbocycles. The van der Waals surface area contributed by atoms with Crippen LogP contribution in [0.5, 0.6) is 0 Å². The van der Waals surface area contributed by atoms with Gasteiger partial charge in [0.15, 0.2) is 0 Å². The van der Waals surface area contributed by atoms with E-state index in [-0.39, 0.29) is 11.9 Å². The first-order valence-corrected chi connectivity index (χ1v) is 7.01. The van der Waals surface area contributed by atoms with Crippen LogP contribution >= 0.6 is 0 Å². The van der Waals surface area contributed by atoms with Crippen LogP contribution in [0.2, 0.25) is 0 Å². The van der Waals surface area contributed by atoms with Crippen molar-refractivity contribution in [3.05, 3.63) is 53.1 Å². The van der Waals surface area contributed by atoms with Gasteiger partial charge in [-0.1, -0.05) is 17.7 Å². The van der Waals surface area contributed by atoms with Crippen LogP contribution in [0.15, 0.2) is 30.6 Å². The zero-order valence-corrected chi connectivity index (χ0v) is 11.9. The summed E-state index contributed by atoms with van der Waals surface area (Å²) in [4.78, 5) is 16.7. The fourth-order valence-corrected chi connectivity index (χ4v) is 2.72. The quantitative estimate of drug-likeness (QED) is 0.909. The lowest BCUT2D eigenvalue weighted by atomic mass is 10.0. The summed E-state index contributed by atoms with van der Waals surface area (Å²) < 4.78 is 2.15. The third-order valence-electron chi connectivity index (χ3n) is 3.92. The van der Waals surface area contributed by atoms with Crippen LogP contribution in [0.25, 0.3) is 0 Å². The van der Waals surface area contributed by atoms with E-state index in [0.29, 0.717) is 0 Å². The summed E-state index contributed by atoms with van der Waals surface area (Å²) in [6.07, 6.45) is 5.59. The maximum atomic E-state index is 12.4. The lowest BCUT2D eigenvalue weighted by molar-refractivity contribution is 0.0930. The van der Waals surface area contributed by atoms with E-state index in [1.807, 2.05) is 44.4 Å². The SMILES string of the molecule is Cc1ccc(C)c(C(=O)NC2CCn3ccnc3C2)c1. The molecular formula is C16H19N3O. The lowest BCUT2D eigenvalue weighted by Gasteiger charge is -2.24. The summed E-state index contributed by atoms with van der Waals surface area (Å²) in [5.74, 6) is 1.08. The van der Waals surface area contributed by atoms with Crippen LogP contribution in [0.4, 0.5) is 0 Å². The Bertz CT molecular complexity index is 645. The molecule has 1 aromatic carbocycles. The third-order valence-corrected chi connectivity index (χ3v) is 3.92. The maximum Gasteiger partial charge on any atom is 0.251 e. The van der Waals surface area contributed by atoms with Crippen LogP contribution in [0.1, 0.15) is 33.7 Å². The number of nitrogens with zero attached hydrogens (tertiary/aromatic N) is 2. The normalized spacial score (nSPS) is 17.6. The van der Waals surface area contributed by atoms with Crippen molar-refractivity contribution in [1.82, 2.24) is 14.9 Å². The minimum absolute atomic E-state index is 0.0243. The van der Waals surface area contributed by atoms with Gasteiger partial charge < -0.3 is 9.88 Å². The van der Waals surface area contributed by atoms with Gasteiger partial charge in [0.05, 0.1) is 0 Å². The van der Waals surface area contributed by atoms with E-state index in [9.17, 15) is 4.79 Å². The number of nitrogens with one attached hydrogen (secondary N) is 1. The van der Waals surface area contributed by atoms with Gasteiger partial charge in [0.25, 0.3) is 5.91 Å². The van der Waals surface area contributed by atoms with Gasteiger partial charge >= 0.3 is 0 Å². The molecule has 1 unspecified atom stereocenters. The van der Waals surface area contributed by atoms with Gasteiger partial charge in [-0.25, -0.2) is 4.98 Å². The number of imidazole rings is 1. The van der Waals surface area contributed by atoms with Gasteiger partial charge in [-0.15, -0.1) is 0 Å². The molecule has 1 aliphatic heterocycles. The highest BCUT2D eigenvalue weighted by Gasteiger charge is 2.21. The summed E-state index contributed by atoms with van der Waals surface area (Å²) >= 11 is 0. The Morgan fingerprint density at radius 3 is 3.10 bits per heavy atom. The predicted octanol–water partition coefficient (Wildman–Crippen LogP) is 2.24. The van der Waals surface area contributed by atoms with Gasteiger partial charge in [0, 0.05) is 37.0 Å². The van der Waals surface area contributed by atoms with Crippen molar-refractivity contribution in [2.24, 2.45) is 0 Å². The molecule has 0 bridgehead atoms. The molecule has 4 heteroatoms. The highest BCUT2D eigenvalue weighted by Crippen LogP contribution is 2.15. The van der Waals surface area contributed by atoms with Crippen LogP contribution < -0.4 is 5.32 Å². The second-order valence-corrected chi connectivity index (χ2v) is 5.52. The van der Waals surface area contributed by atoms with Gasteiger partial charge in [-0.05, 0) is 31.9 Å². The molecule has 0 saturated heterocycles. The van der Waals surface area contributed by atoms with Crippen molar-refractivity contribution < 1.29 is 4.79 Å².